The zero-order valence-electron chi connectivity index (χ0n) is 11.5. The molecule has 0 aliphatic carbocycles. The smallest absolute Gasteiger partial charge is 0.221 e. The molecule has 0 aromatic carbocycles. The van der Waals surface area contributed by atoms with E-state index in [9.17, 15) is 0 Å². The van der Waals surface area contributed by atoms with Crippen LogP contribution in [-0.4, -0.2) is 19.9 Å². The van der Waals surface area contributed by atoms with Crippen molar-refractivity contribution < 1.29 is 0 Å². The quantitative estimate of drug-likeness (QED) is 0.743. The van der Waals surface area contributed by atoms with E-state index in [-0.39, 0.29) is 5.95 Å². The second-order valence-corrected chi connectivity index (χ2v) is 4.59. The predicted octanol–water partition coefficient (Wildman–Crippen LogP) is 2.07. The van der Waals surface area contributed by atoms with E-state index in [0.717, 1.165) is 22.6 Å². The lowest BCUT2D eigenvalue weighted by molar-refractivity contribution is 1.16. The molecule has 0 spiro atoms. The first-order chi connectivity index (χ1) is 10.1. The summed E-state index contributed by atoms with van der Waals surface area (Å²) in [5.41, 5.74) is 15.4. The molecule has 4 N–H and O–H groups in total. The van der Waals surface area contributed by atoms with E-state index in [1.165, 1.54) is 0 Å². The lowest BCUT2D eigenvalue weighted by atomic mass is 10.0. The number of nitrogens with zero attached hydrogens (tertiary/aromatic N) is 4. The van der Waals surface area contributed by atoms with Crippen LogP contribution in [0.3, 0.4) is 0 Å². The van der Waals surface area contributed by atoms with Gasteiger partial charge in [-0.25, -0.2) is 4.98 Å². The molecule has 21 heavy (non-hydrogen) atoms. The minimum Gasteiger partial charge on any atom is -0.383 e. The van der Waals surface area contributed by atoms with Gasteiger partial charge in [0.1, 0.15) is 5.82 Å². The molecule has 0 saturated carbocycles. The summed E-state index contributed by atoms with van der Waals surface area (Å²) < 4.78 is 0. The molecule has 3 aromatic heterocycles. The van der Waals surface area contributed by atoms with E-state index in [4.69, 9.17) is 11.5 Å². The van der Waals surface area contributed by atoms with Gasteiger partial charge in [-0.2, -0.15) is 4.98 Å². The number of nitrogens with two attached hydrogens (primary N) is 2. The van der Waals surface area contributed by atoms with Crippen LogP contribution >= 0.6 is 0 Å². The first kappa shape index (κ1) is 13.0. The summed E-state index contributed by atoms with van der Waals surface area (Å²) in [6.45, 7) is 1.93. The molecular weight excluding hydrogens is 264 g/mol. The second-order valence-electron chi connectivity index (χ2n) is 4.59. The van der Waals surface area contributed by atoms with Gasteiger partial charge in [0.25, 0.3) is 0 Å². The van der Waals surface area contributed by atoms with Crippen molar-refractivity contribution in [3.8, 4) is 22.5 Å². The summed E-state index contributed by atoms with van der Waals surface area (Å²) in [6, 6.07) is 9.54. The van der Waals surface area contributed by atoms with Crippen molar-refractivity contribution in [1.82, 2.24) is 19.9 Å². The number of anilines is 2. The molecular formula is C15H14N6. The van der Waals surface area contributed by atoms with Crippen molar-refractivity contribution in [2.24, 2.45) is 0 Å². The summed E-state index contributed by atoms with van der Waals surface area (Å²) in [5, 5.41) is 0. The summed E-state index contributed by atoms with van der Waals surface area (Å²) in [7, 11) is 0. The van der Waals surface area contributed by atoms with E-state index in [1.54, 1.807) is 12.4 Å². The van der Waals surface area contributed by atoms with Crippen LogP contribution in [0.5, 0.6) is 0 Å². The van der Waals surface area contributed by atoms with E-state index < -0.39 is 0 Å². The Hall–Kier alpha value is -3.02. The fraction of sp³-hybridized carbons (Fsp3) is 0.0667. The summed E-state index contributed by atoms with van der Waals surface area (Å²) in [4.78, 5) is 16.9. The van der Waals surface area contributed by atoms with Gasteiger partial charge in [0.05, 0.1) is 11.4 Å². The van der Waals surface area contributed by atoms with Gasteiger partial charge in [0, 0.05) is 29.2 Å². The molecule has 0 aliphatic rings. The van der Waals surface area contributed by atoms with E-state index in [1.807, 2.05) is 37.3 Å². The molecule has 0 fully saturated rings. The first-order valence-electron chi connectivity index (χ1n) is 6.42. The maximum atomic E-state index is 5.96. The third-order valence-corrected chi connectivity index (χ3v) is 3.07. The van der Waals surface area contributed by atoms with Gasteiger partial charge < -0.3 is 11.5 Å². The van der Waals surface area contributed by atoms with Crippen LogP contribution in [0.4, 0.5) is 11.8 Å². The van der Waals surface area contributed by atoms with Crippen molar-refractivity contribution in [2.45, 2.75) is 6.92 Å². The van der Waals surface area contributed by atoms with Crippen LogP contribution in [0.15, 0.2) is 42.7 Å². The standard InChI is InChI=1S/C15H14N6/c1-9-5-6-10(11-8-19-15(17)21-14(11)16)13(20-9)12-4-2-3-7-18-12/h2-8H,1H3,(H4,16,17,19,21). The van der Waals surface area contributed by atoms with Gasteiger partial charge in [-0.15, -0.1) is 0 Å². The number of pyridine rings is 2. The van der Waals surface area contributed by atoms with Gasteiger partial charge in [0.15, 0.2) is 0 Å². The fourth-order valence-electron chi connectivity index (χ4n) is 2.09. The van der Waals surface area contributed by atoms with Crippen LogP contribution in [-0.2, 0) is 0 Å². The zero-order valence-corrected chi connectivity index (χ0v) is 11.5. The van der Waals surface area contributed by atoms with Crippen molar-refractivity contribution in [1.29, 1.82) is 0 Å². The van der Waals surface area contributed by atoms with Gasteiger partial charge in [-0.1, -0.05) is 12.1 Å². The topological polar surface area (TPSA) is 104 Å². The number of aromatic nitrogens is 4. The molecule has 3 rings (SSSR count). The van der Waals surface area contributed by atoms with Crippen molar-refractivity contribution in [3.63, 3.8) is 0 Å². The monoisotopic (exact) mass is 278 g/mol. The predicted molar refractivity (Wildman–Crippen MR) is 82.1 cm³/mol. The van der Waals surface area contributed by atoms with Crippen LogP contribution in [0, 0.1) is 6.92 Å². The third-order valence-electron chi connectivity index (χ3n) is 3.07. The van der Waals surface area contributed by atoms with Gasteiger partial charge >= 0.3 is 0 Å². The highest BCUT2D eigenvalue weighted by Crippen LogP contribution is 2.32. The van der Waals surface area contributed by atoms with Crippen LogP contribution in [0.2, 0.25) is 0 Å². The Balaban J connectivity index is 2.24. The lowest BCUT2D eigenvalue weighted by Gasteiger charge is -2.11. The SMILES string of the molecule is Cc1ccc(-c2cnc(N)nc2N)c(-c2ccccn2)n1. The average molecular weight is 278 g/mol. The lowest BCUT2D eigenvalue weighted by Crippen LogP contribution is -2.02. The number of hydrogen-bond acceptors (Lipinski definition) is 6. The molecule has 3 heterocycles. The summed E-state index contributed by atoms with van der Waals surface area (Å²) in [5.74, 6) is 0.473. The molecule has 0 aliphatic heterocycles. The Kier molecular flexibility index (Phi) is 3.19. The fourth-order valence-corrected chi connectivity index (χ4v) is 2.09. The highest BCUT2D eigenvalue weighted by molar-refractivity contribution is 5.84. The van der Waals surface area contributed by atoms with Crippen LogP contribution < -0.4 is 11.5 Å². The molecule has 0 amide bonds. The molecule has 0 bridgehead atoms. The van der Waals surface area contributed by atoms with Crippen molar-refractivity contribution in [3.05, 3.63) is 48.4 Å². The molecule has 0 atom stereocenters. The highest BCUT2D eigenvalue weighted by Gasteiger charge is 2.14. The molecule has 0 unspecified atom stereocenters. The molecule has 104 valence electrons. The third kappa shape index (κ3) is 2.51. The molecule has 3 aromatic rings. The maximum Gasteiger partial charge on any atom is 0.221 e. The highest BCUT2D eigenvalue weighted by atomic mass is 15.0. The summed E-state index contributed by atoms with van der Waals surface area (Å²) >= 11 is 0. The Morgan fingerprint density at radius 2 is 1.76 bits per heavy atom. The van der Waals surface area contributed by atoms with Gasteiger partial charge in [-0.3, -0.25) is 9.97 Å². The largest absolute Gasteiger partial charge is 0.383 e. The molecule has 6 nitrogen and oxygen atoms in total. The zero-order chi connectivity index (χ0) is 14.8. The molecule has 6 heteroatoms. The number of nitrogen functional groups attached to an aromatic ring is 2. The van der Waals surface area contributed by atoms with Crippen LogP contribution in [0.1, 0.15) is 5.69 Å². The van der Waals surface area contributed by atoms with Gasteiger partial charge in [0.2, 0.25) is 5.95 Å². The Labute approximate surface area is 121 Å². The number of hydrogen-bond donors (Lipinski definition) is 2. The second kappa shape index (κ2) is 5.16. The van der Waals surface area contributed by atoms with Crippen molar-refractivity contribution >= 4 is 11.8 Å². The Bertz CT molecular complexity index is 785. The van der Waals surface area contributed by atoms with E-state index in [2.05, 4.69) is 19.9 Å². The maximum absolute atomic E-state index is 5.96. The number of rotatable bonds is 2. The van der Waals surface area contributed by atoms with E-state index >= 15 is 0 Å². The average Bonchev–Trinajstić information content (AvgIpc) is 2.49. The Morgan fingerprint density at radius 1 is 0.905 bits per heavy atom. The number of aryl methyl sites for hydroxylation is 1. The normalized spacial score (nSPS) is 10.5. The van der Waals surface area contributed by atoms with E-state index in [0.29, 0.717) is 11.4 Å². The molecule has 0 radical (unpaired) electrons. The van der Waals surface area contributed by atoms with Gasteiger partial charge in [-0.05, 0) is 25.1 Å². The van der Waals surface area contributed by atoms with Crippen molar-refractivity contribution in [2.75, 3.05) is 11.5 Å². The Morgan fingerprint density at radius 3 is 2.48 bits per heavy atom. The van der Waals surface area contributed by atoms with Crippen LogP contribution in [0.25, 0.3) is 22.5 Å². The summed E-state index contributed by atoms with van der Waals surface area (Å²) in [6.07, 6.45) is 3.34. The first-order valence-corrected chi connectivity index (χ1v) is 6.42. The minimum absolute atomic E-state index is 0.149. The minimum atomic E-state index is 0.149. The molecule has 0 saturated heterocycles.